The summed E-state index contributed by atoms with van der Waals surface area (Å²) in [7, 11) is 0. The average Bonchev–Trinajstić information content (AvgIpc) is 2.16. The third-order valence-corrected chi connectivity index (χ3v) is 2.26. The van der Waals surface area contributed by atoms with Gasteiger partial charge >= 0.3 is 5.97 Å². The number of carbonyl (C=O) groups is 1. The fourth-order valence-corrected chi connectivity index (χ4v) is 1.41. The molecule has 0 amide bonds. The molecule has 0 heterocycles. The van der Waals surface area contributed by atoms with Gasteiger partial charge in [-0.2, -0.15) is 0 Å². The first-order valence-electron chi connectivity index (χ1n) is 6.00. The van der Waals surface area contributed by atoms with Gasteiger partial charge in [-0.05, 0) is 26.2 Å². The average molecular weight is 229 g/mol. The summed E-state index contributed by atoms with van der Waals surface area (Å²) in [5.41, 5.74) is 0. The molecule has 1 atom stereocenters. The van der Waals surface area contributed by atoms with E-state index in [1.165, 1.54) is 0 Å². The van der Waals surface area contributed by atoms with Crippen LogP contribution in [0.1, 0.15) is 53.4 Å². The number of nitroso groups, excluding NO2 is 1. The maximum Gasteiger partial charge on any atom is 0.334 e. The van der Waals surface area contributed by atoms with Crippen molar-refractivity contribution in [1.82, 2.24) is 0 Å². The van der Waals surface area contributed by atoms with Crippen LogP contribution in [0.25, 0.3) is 0 Å². The summed E-state index contributed by atoms with van der Waals surface area (Å²) in [6.45, 7) is 7.84. The van der Waals surface area contributed by atoms with Crippen LogP contribution in [0.2, 0.25) is 0 Å². The normalized spacial score (nSPS) is 12.9. The molecule has 4 heteroatoms. The minimum absolute atomic E-state index is 0.188. The number of ether oxygens (including phenoxy) is 1. The van der Waals surface area contributed by atoms with E-state index >= 15 is 0 Å². The van der Waals surface area contributed by atoms with Crippen molar-refractivity contribution < 1.29 is 9.53 Å². The summed E-state index contributed by atoms with van der Waals surface area (Å²) in [5, 5.41) is 2.83. The molecule has 1 unspecified atom stereocenters. The number of rotatable bonds is 8. The maximum absolute atomic E-state index is 11.4. The van der Waals surface area contributed by atoms with E-state index in [1.54, 1.807) is 13.8 Å². The van der Waals surface area contributed by atoms with Gasteiger partial charge in [0.05, 0.1) is 6.10 Å². The molecule has 0 aromatic carbocycles. The highest BCUT2D eigenvalue weighted by Crippen LogP contribution is 2.12. The van der Waals surface area contributed by atoms with Gasteiger partial charge in [0.15, 0.2) is 6.04 Å². The zero-order chi connectivity index (χ0) is 12.6. The maximum atomic E-state index is 11.4. The molecular weight excluding hydrogens is 206 g/mol. The molecule has 0 bridgehead atoms. The van der Waals surface area contributed by atoms with Crippen molar-refractivity contribution in [1.29, 1.82) is 0 Å². The van der Waals surface area contributed by atoms with Crippen LogP contribution < -0.4 is 0 Å². The van der Waals surface area contributed by atoms with Gasteiger partial charge < -0.3 is 4.74 Å². The lowest BCUT2D eigenvalue weighted by atomic mass is 10.0. The molecule has 16 heavy (non-hydrogen) atoms. The van der Waals surface area contributed by atoms with Crippen molar-refractivity contribution in [3.05, 3.63) is 4.91 Å². The predicted octanol–water partition coefficient (Wildman–Crippen LogP) is 3.29. The Bertz CT molecular complexity index is 214. The molecule has 0 radical (unpaired) electrons. The Labute approximate surface area is 97.7 Å². The lowest BCUT2D eigenvalue weighted by molar-refractivity contribution is -0.149. The van der Waals surface area contributed by atoms with Gasteiger partial charge in [0.1, 0.15) is 0 Å². The summed E-state index contributed by atoms with van der Waals surface area (Å²) in [6.07, 6.45) is 3.31. The van der Waals surface area contributed by atoms with Crippen LogP contribution in [-0.4, -0.2) is 18.1 Å². The number of hydrogen-bond donors (Lipinski definition) is 0. The lowest BCUT2D eigenvalue weighted by Crippen LogP contribution is -2.24. The molecule has 0 aliphatic heterocycles. The summed E-state index contributed by atoms with van der Waals surface area (Å²) >= 11 is 0. The zero-order valence-corrected chi connectivity index (χ0v) is 10.7. The van der Waals surface area contributed by atoms with Crippen LogP contribution in [0.15, 0.2) is 5.18 Å². The van der Waals surface area contributed by atoms with Crippen LogP contribution in [0.4, 0.5) is 0 Å². The van der Waals surface area contributed by atoms with Crippen LogP contribution in [0.5, 0.6) is 0 Å². The number of unbranched alkanes of at least 4 members (excludes halogenated alkanes) is 1. The van der Waals surface area contributed by atoms with Crippen molar-refractivity contribution in [2.45, 2.75) is 65.5 Å². The van der Waals surface area contributed by atoms with Gasteiger partial charge in [-0.25, -0.2) is 4.79 Å². The molecule has 0 aliphatic carbocycles. The summed E-state index contributed by atoms with van der Waals surface area (Å²) in [4.78, 5) is 21.9. The third kappa shape index (κ3) is 7.37. The van der Waals surface area contributed by atoms with E-state index in [2.05, 4.69) is 19.0 Å². The highest BCUT2D eigenvalue weighted by molar-refractivity contribution is 5.76. The van der Waals surface area contributed by atoms with E-state index in [1.807, 2.05) is 0 Å². The fourth-order valence-electron chi connectivity index (χ4n) is 1.41. The Balaban J connectivity index is 3.82. The molecule has 0 aromatic rings. The Morgan fingerprint density at radius 1 is 1.12 bits per heavy atom. The smallest absolute Gasteiger partial charge is 0.334 e. The number of esters is 1. The first-order valence-corrected chi connectivity index (χ1v) is 6.00. The highest BCUT2D eigenvalue weighted by Gasteiger charge is 2.21. The van der Waals surface area contributed by atoms with Crippen molar-refractivity contribution in [3.8, 4) is 0 Å². The minimum atomic E-state index is -0.824. The summed E-state index contributed by atoms with van der Waals surface area (Å²) < 4.78 is 4.95. The second-order valence-corrected chi connectivity index (χ2v) is 4.79. The van der Waals surface area contributed by atoms with Gasteiger partial charge in [0.25, 0.3) is 0 Å². The molecule has 0 N–H and O–H groups in total. The van der Waals surface area contributed by atoms with E-state index < -0.39 is 12.0 Å². The standard InChI is InChI=1S/C12H23NO3/c1-9(2)7-5-6-8-11(13-15)12(14)16-10(3)4/h9-11H,5-8H2,1-4H3. The van der Waals surface area contributed by atoms with Gasteiger partial charge in [-0.3, -0.25) is 0 Å². The van der Waals surface area contributed by atoms with E-state index in [9.17, 15) is 9.70 Å². The Morgan fingerprint density at radius 3 is 2.12 bits per heavy atom. The monoisotopic (exact) mass is 229 g/mol. The van der Waals surface area contributed by atoms with E-state index in [0.29, 0.717) is 12.3 Å². The van der Waals surface area contributed by atoms with Crippen molar-refractivity contribution in [2.24, 2.45) is 11.1 Å². The zero-order valence-electron chi connectivity index (χ0n) is 10.7. The van der Waals surface area contributed by atoms with Gasteiger partial charge in [0.2, 0.25) is 0 Å². The molecule has 0 rings (SSSR count). The minimum Gasteiger partial charge on any atom is -0.461 e. The highest BCUT2D eigenvalue weighted by atomic mass is 16.5. The molecule has 94 valence electrons. The SMILES string of the molecule is CC(C)CCCCC(N=O)C(=O)OC(C)C. The second kappa shape index (κ2) is 8.25. The molecule has 0 saturated carbocycles. The van der Waals surface area contributed by atoms with Crippen molar-refractivity contribution in [3.63, 3.8) is 0 Å². The quantitative estimate of drug-likeness (QED) is 0.364. The van der Waals surface area contributed by atoms with Crippen LogP contribution in [0.3, 0.4) is 0 Å². The van der Waals surface area contributed by atoms with E-state index in [4.69, 9.17) is 4.74 Å². The van der Waals surface area contributed by atoms with E-state index in [0.717, 1.165) is 19.3 Å². The molecule has 0 spiro atoms. The van der Waals surface area contributed by atoms with Crippen molar-refractivity contribution in [2.75, 3.05) is 0 Å². The van der Waals surface area contributed by atoms with Gasteiger partial charge in [-0.1, -0.05) is 38.3 Å². The molecule has 0 aliphatic rings. The molecule has 0 aromatic heterocycles. The van der Waals surface area contributed by atoms with E-state index in [-0.39, 0.29) is 6.10 Å². The van der Waals surface area contributed by atoms with Gasteiger partial charge in [-0.15, -0.1) is 4.91 Å². The number of hydrogen-bond acceptors (Lipinski definition) is 4. The topological polar surface area (TPSA) is 55.7 Å². The summed E-state index contributed by atoms with van der Waals surface area (Å²) in [5.74, 6) is 0.166. The largest absolute Gasteiger partial charge is 0.461 e. The first-order chi connectivity index (χ1) is 7.47. The predicted molar refractivity (Wildman–Crippen MR) is 64.1 cm³/mol. The second-order valence-electron chi connectivity index (χ2n) is 4.79. The van der Waals surface area contributed by atoms with Crippen LogP contribution >= 0.6 is 0 Å². The Hall–Kier alpha value is -0.930. The number of carbonyl (C=O) groups excluding carboxylic acids is 1. The molecule has 4 nitrogen and oxygen atoms in total. The molecule has 0 fully saturated rings. The third-order valence-electron chi connectivity index (χ3n) is 2.26. The van der Waals surface area contributed by atoms with Crippen LogP contribution in [0, 0.1) is 10.8 Å². The van der Waals surface area contributed by atoms with Crippen molar-refractivity contribution >= 4 is 5.97 Å². The lowest BCUT2D eigenvalue weighted by Gasteiger charge is -2.12. The first kappa shape index (κ1) is 15.1. The number of nitrogens with zero attached hydrogens (tertiary/aromatic N) is 1. The Morgan fingerprint density at radius 2 is 1.69 bits per heavy atom. The Kier molecular flexibility index (Phi) is 7.77. The molecule has 0 saturated heterocycles. The van der Waals surface area contributed by atoms with Crippen LogP contribution in [-0.2, 0) is 9.53 Å². The molecular formula is C12H23NO3. The van der Waals surface area contributed by atoms with Gasteiger partial charge in [0, 0.05) is 0 Å². The fraction of sp³-hybridized carbons (Fsp3) is 0.917. The summed E-state index contributed by atoms with van der Waals surface area (Å²) in [6, 6.07) is -0.824.